The van der Waals surface area contributed by atoms with Crippen molar-refractivity contribution in [3.05, 3.63) is 60.3 Å². The number of morpholine rings is 1. The molecule has 1 aliphatic rings. The van der Waals surface area contributed by atoms with Crippen LogP contribution < -0.4 is 4.72 Å². The lowest BCUT2D eigenvalue weighted by Gasteiger charge is -2.26. The minimum atomic E-state index is -3.91. The third kappa shape index (κ3) is 4.04. The van der Waals surface area contributed by atoms with Gasteiger partial charge in [0.2, 0.25) is 10.0 Å². The van der Waals surface area contributed by atoms with Crippen molar-refractivity contribution < 1.29 is 21.6 Å². The van der Waals surface area contributed by atoms with E-state index in [1.165, 1.54) is 28.6 Å². The van der Waals surface area contributed by atoms with Crippen molar-refractivity contribution in [3.63, 3.8) is 0 Å². The molecule has 4 rings (SSSR count). The Morgan fingerprint density at radius 1 is 0.933 bits per heavy atom. The van der Waals surface area contributed by atoms with E-state index in [1.54, 1.807) is 19.1 Å². The molecule has 10 heteroatoms. The number of para-hydroxylation sites is 1. The summed E-state index contributed by atoms with van der Waals surface area (Å²) in [6.07, 6.45) is 0. The molecule has 0 aliphatic carbocycles. The zero-order valence-electron chi connectivity index (χ0n) is 16.3. The van der Waals surface area contributed by atoms with Gasteiger partial charge in [-0.15, -0.1) is 0 Å². The van der Waals surface area contributed by atoms with Gasteiger partial charge >= 0.3 is 0 Å². The molecule has 0 amide bonds. The van der Waals surface area contributed by atoms with E-state index in [4.69, 9.17) is 4.74 Å². The number of rotatable bonds is 5. The molecule has 3 aromatic rings. The molecule has 0 bridgehead atoms. The average Bonchev–Trinajstić information content (AvgIpc) is 2.74. The average molecular weight is 448 g/mol. The molecule has 2 aromatic carbocycles. The summed E-state index contributed by atoms with van der Waals surface area (Å²) < 4.78 is 60.4. The molecule has 0 atom stereocenters. The van der Waals surface area contributed by atoms with Crippen LogP contribution in [0.2, 0.25) is 0 Å². The second-order valence-corrected chi connectivity index (χ2v) is 10.5. The summed E-state index contributed by atoms with van der Waals surface area (Å²) in [6, 6.07) is 14.1. The summed E-state index contributed by atoms with van der Waals surface area (Å²) in [6.45, 7) is 3.02. The molecule has 1 aromatic heterocycles. The molecular weight excluding hydrogens is 426 g/mol. The molecular formula is C20H21N3O5S2. The van der Waals surface area contributed by atoms with Crippen LogP contribution in [0.1, 0.15) is 5.69 Å². The number of benzene rings is 2. The van der Waals surface area contributed by atoms with Gasteiger partial charge in [-0.2, -0.15) is 4.31 Å². The summed E-state index contributed by atoms with van der Waals surface area (Å²) >= 11 is 0. The summed E-state index contributed by atoms with van der Waals surface area (Å²) in [5.41, 5.74) is 1.78. The smallest absolute Gasteiger partial charge is 0.261 e. The van der Waals surface area contributed by atoms with Crippen LogP contribution in [0.3, 0.4) is 0 Å². The Balaban J connectivity index is 1.63. The van der Waals surface area contributed by atoms with Gasteiger partial charge in [0.1, 0.15) is 0 Å². The van der Waals surface area contributed by atoms with E-state index < -0.39 is 20.0 Å². The van der Waals surface area contributed by atoms with Gasteiger partial charge < -0.3 is 4.74 Å². The van der Waals surface area contributed by atoms with Crippen LogP contribution in [0.25, 0.3) is 10.9 Å². The van der Waals surface area contributed by atoms with E-state index in [1.807, 2.05) is 18.2 Å². The van der Waals surface area contributed by atoms with Gasteiger partial charge in [0.05, 0.1) is 34.2 Å². The molecule has 1 N–H and O–H groups in total. The van der Waals surface area contributed by atoms with Crippen molar-refractivity contribution in [3.8, 4) is 0 Å². The quantitative estimate of drug-likeness (QED) is 0.644. The van der Waals surface area contributed by atoms with Crippen LogP contribution in [-0.2, 0) is 24.8 Å². The second-order valence-electron chi connectivity index (χ2n) is 6.92. The fourth-order valence-corrected chi connectivity index (χ4v) is 5.80. The van der Waals surface area contributed by atoms with Gasteiger partial charge in [0, 0.05) is 24.2 Å². The number of anilines is 1. The van der Waals surface area contributed by atoms with Gasteiger partial charge in [-0.1, -0.05) is 18.2 Å². The highest BCUT2D eigenvalue weighted by atomic mass is 32.2. The maximum absolute atomic E-state index is 12.9. The number of pyridine rings is 1. The number of ether oxygens (including phenoxy) is 1. The lowest BCUT2D eigenvalue weighted by Crippen LogP contribution is -2.40. The summed E-state index contributed by atoms with van der Waals surface area (Å²) in [5, 5.41) is 0.679. The summed E-state index contributed by atoms with van der Waals surface area (Å²) in [4.78, 5) is 4.43. The van der Waals surface area contributed by atoms with E-state index in [2.05, 4.69) is 9.71 Å². The SMILES string of the molecule is Cc1cc(NS(=O)(=O)c2ccc(S(=O)(=O)N3CCOCC3)cc2)c2ccccc2n1. The number of hydrogen-bond acceptors (Lipinski definition) is 6. The van der Waals surface area contributed by atoms with Crippen LogP contribution in [0, 0.1) is 6.92 Å². The number of aryl methyl sites for hydroxylation is 1. The zero-order chi connectivity index (χ0) is 21.4. The Morgan fingerprint density at radius 2 is 1.57 bits per heavy atom. The van der Waals surface area contributed by atoms with Crippen LogP contribution >= 0.6 is 0 Å². The Hall–Kier alpha value is -2.53. The molecule has 1 aliphatic heterocycles. The molecule has 1 saturated heterocycles. The first-order valence-electron chi connectivity index (χ1n) is 9.34. The van der Waals surface area contributed by atoms with Gasteiger partial charge in [0.15, 0.2) is 0 Å². The molecule has 158 valence electrons. The molecule has 2 heterocycles. The van der Waals surface area contributed by atoms with Crippen molar-refractivity contribution in [2.24, 2.45) is 0 Å². The van der Waals surface area contributed by atoms with E-state index in [9.17, 15) is 16.8 Å². The minimum absolute atomic E-state index is 0.0260. The van der Waals surface area contributed by atoms with Crippen LogP contribution in [-0.4, -0.2) is 52.4 Å². The second kappa shape index (κ2) is 7.95. The topological polar surface area (TPSA) is 106 Å². The van der Waals surface area contributed by atoms with Crippen LogP contribution in [0.4, 0.5) is 5.69 Å². The lowest BCUT2D eigenvalue weighted by atomic mass is 10.2. The van der Waals surface area contributed by atoms with Crippen LogP contribution in [0.5, 0.6) is 0 Å². The third-order valence-electron chi connectivity index (χ3n) is 4.83. The Kier molecular flexibility index (Phi) is 5.49. The van der Waals surface area contributed by atoms with Crippen molar-refractivity contribution in [1.82, 2.24) is 9.29 Å². The van der Waals surface area contributed by atoms with Crippen LogP contribution in [0.15, 0.2) is 64.4 Å². The van der Waals surface area contributed by atoms with Gasteiger partial charge in [0.25, 0.3) is 10.0 Å². The zero-order valence-corrected chi connectivity index (χ0v) is 17.9. The Morgan fingerprint density at radius 3 is 2.27 bits per heavy atom. The van der Waals surface area contributed by atoms with Crippen molar-refractivity contribution in [1.29, 1.82) is 0 Å². The van der Waals surface area contributed by atoms with Crippen molar-refractivity contribution >= 4 is 36.6 Å². The Labute approximate surface area is 175 Å². The van der Waals surface area contributed by atoms with Crippen molar-refractivity contribution in [2.75, 3.05) is 31.0 Å². The van der Waals surface area contributed by atoms with E-state index in [0.29, 0.717) is 35.5 Å². The largest absolute Gasteiger partial charge is 0.379 e. The number of nitrogens with zero attached hydrogens (tertiary/aromatic N) is 2. The number of aromatic nitrogens is 1. The highest BCUT2D eigenvalue weighted by Crippen LogP contribution is 2.26. The van der Waals surface area contributed by atoms with E-state index >= 15 is 0 Å². The minimum Gasteiger partial charge on any atom is -0.379 e. The standard InChI is InChI=1S/C20H21N3O5S2/c1-15-14-20(18-4-2-3-5-19(18)21-15)22-29(24,25)16-6-8-17(9-7-16)30(26,27)23-10-12-28-13-11-23/h2-9,14H,10-13H2,1H3,(H,21,22). The fourth-order valence-electron chi connectivity index (χ4n) is 3.32. The Bertz CT molecular complexity index is 1280. The van der Waals surface area contributed by atoms with Gasteiger partial charge in [-0.25, -0.2) is 16.8 Å². The van der Waals surface area contributed by atoms with E-state index in [0.717, 1.165) is 0 Å². The molecule has 0 radical (unpaired) electrons. The number of fused-ring (bicyclic) bond motifs is 1. The number of sulfonamides is 2. The van der Waals surface area contributed by atoms with Gasteiger partial charge in [-0.3, -0.25) is 9.71 Å². The highest BCUT2D eigenvalue weighted by Gasteiger charge is 2.27. The molecule has 0 saturated carbocycles. The molecule has 0 unspecified atom stereocenters. The van der Waals surface area contributed by atoms with E-state index in [-0.39, 0.29) is 22.9 Å². The predicted molar refractivity (Wildman–Crippen MR) is 113 cm³/mol. The third-order valence-corrected chi connectivity index (χ3v) is 8.12. The van der Waals surface area contributed by atoms with Crippen molar-refractivity contribution in [2.45, 2.75) is 16.7 Å². The molecule has 30 heavy (non-hydrogen) atoms. The monoisotopic (exact) mass is 447 g/mol. The molecule has 1 fully saturated rings. The van der Waals surface area contributed by atoms with Gasteiger partial charge in [-0.05, 0) is 43.3 Å². The maximum Gasteiger partial charge on any atom is 0.261 e. The maximum atomic E-state index is 12.9. The molecule has 8 nitrogen and oxygen atoms in total. The first kappa shape index (κ1) is 20.7. The predicted octanol–water partition coefficient (Wildman–Crippen LogP) is 2.36. The first-order valence-corrected chi connectivity index (χ1v) is 12.3. The highest BCUT2D eigenvalue weighted by molar-refractivity contribution is 7.92. The normalized spacial score (nSPS) is 15.9. The number of hydrogen-bond donors (Lipinski definition) is 1. The summed E-state index contributed by atoms with van der Waals surface area (Å²) in [7, 11) is -7.60. The summed E-state index contributed by atoms with van der Waals surface area (Å²) in [5.74, 6) is 0. The lowest BCUT2D eigenvalue weighted by molar-refractivity contribution is 0.0730. The molecule has 0 spiro atoms. The fraction of sp³-hybridized carbons (Fsp3) is 0.250. The number of nitrogens with one attached hydrogen (secondary N) is 1. The first-order chi connectivity index (χ1) is 14.3.